The highest BCUT2D eigenvalue weighted by atomic mass is 32.1. The fourth-order valence-corrected chi connectivity index (χ4v) is 2.66. The number of nitrogens with one attached hydrogen (secondary N) is 3. The van der Waals surface area contributed by atoms with E-state index in [1.54, 1.807) is 29.8 Å². The molecule has 0 bridgehead atoms. The van der Waals surface area contributed by atoms with Crippen molar-refractivity contribution in [3.8, 4) is 11.3 Å². The van der Waals surface area contributed by atoms with Crippen molar-refractivity contribution >= 4 is 23.1 Å². The average molecular weight is 301 g/mol. The zero-order chi connectivity index (χ0) is 14.8. The van der Waals surface area contributed by atoms with E-state index >= 15 is 0 Å². The van der Waals surface area contributed by atoms with Gasteiger partial charge in [0.15, 0.2) is 0 Å². The van der Waals surface area contributed by atoms with E-state index < -0.39 is 0 Å². The van der Waals surface area contributed by atoms with Gasteiger partial charge in [-0.05, 0) is 19.4 Å². The maximum absolute atomic E-state index is 12.2. The smallest absolute Gasteiger partial charge is 0.273 e. The van der Waals surface area contributed by atoms with Gasteiger partial charge in [-0.15, -0.1) is 11.3 Å². The summed E-state index contributed by atoms with van der Waals surface area (Å²) in [6.07, 6.45) is 4.31. The molecule has 0 aliphatic heterocycles. The molecule has 0 aliphatic rings. The van der Waals surface area contributed by atoms with Gasteiger partial charge < -0.3 is 10.3 Å². The number of aromatic nitrogens is 4. The number of thiazole rings is 1. The van der Waals surface area contributed by atoms with E-state index in [1.165, 1.54) is 0 Å². The van der Waals surface area contributed by atoms with E-state index in [-0.39, 0.29) is 5.91 Å². The Balaban J connectivity index is 1.78. The zero-order valence-electron chi connectivity index (χ0n) is 11.7. The zero-order valence-corrected chi connectivity index (χ0v) is 12.5. The van der Waals surface area contributed by atoms with Gasteiger partial charge in [-0.1, -0.05) is 6.92 Å². The number of hydrogen-bond acceptors (Lipinski definition) is 4. The molecule has 0 radical (unpaired) electrons. The standard InChI is InChI=1S/C14H15N5OS/c1-3-9-6-16-19-13(9)18-14(20)11-4-10(5-15-11)12-7-21-8(2)17-12/h4-7,15H,3H2,1-2H3,(H2,16,18,19,20). The third-order valence-electron chi connectivity index (χ3n) is 3.18. The fraction of sp³-hybridized carbons (Fsp3) is 0.214. The summed E-state index contributed by atoms with van der Waals surface area (Å²) < 4.78 is 0. The van der Waals surface area contributed by atoms with E-state index in [2.05, 4.69) is 25.5 Å². The van der Waals surface area contributed by atoms with Crippen LogP contribution in [0.25, 0.3) is 11.3 Å². The van der Waals surface area contributed by atoms with Gasteiger partial charge >= 0.3 is 0 Å². The lowest BCUT2D eigenvalue weighted by Crippen LogP contribution is -2.13. The average Bonchev–Trinajstić information content (AvgIpc) is 3.17. The molecule has 108 valence electrons. The molecule has 0 saturated heterocycles. The molecular weight excluding hydrogens is 286 g/mol. The molecule has 0 spiro atoms. The van der Waals surface area contributed by atoms with Crippen molar-refractivity contribution in [3.63, 3.8) is 0 Å². The molecule has 3 rings (SSSR count). The van der Waals surface area contributed by atoms with Crippen molar-refractivity contribution in [1.82, 2.24) is 20.2 Å². The van der Waals surface area contributed by atoms with E-state index in [1.807, 2.05) is 19.2 Å². The largest absolute Gasteiger partial charge is 0.357 e. The van der Waals surface area contributed by atoms with Crippen molar-refractivity contribution in [1.29, 1.82) is 0 Å². The Hall–Kier alpha value is -2.41. The second kappa shape index (κ2) is 5.53. The van der Waals surface area contributed by atoms with Crippen LogP contribution in [0, 0.1) is 6.92 Å². The number of H-pyrrole nitrogens is 2. The predicted molar refractivity (Wildman–Crippen MR) is 82.6 cm³/mol. The molecule has 0 aromatic carbocycles. The number of nitrogens with zero attached hydrogens (tertiary/aromatic N) is 2. The molecule has 3 N–H and O–H groups in total. The molecule has 0 aliphatic carbocycles. The summed E-state index contributed by atoms with van der Waals surface area (Å²) >= 11 is 1.59. The fourth-order valence-electron chi connectivity index (χ4n) is 2.04. The Morgan fingerprint density at radius 3 is 3.05 bits per heavy atom. The predicted octanol–water partition coefficient (Wildman–Crippen LogP) is 2.98. The van der Waals surface area contributed by atoms with Gasteiger partial charge in [0.1, 0.15) is 11.5 Å². The molecule has 7 heteroatoms. The number of carbonyl (C=O) groups is 1. The number of aromatic amines is 2. The van der Waals surface area contributed by atoms with Crippen LogP contribution in [0.4, 0.5) is 5.82 Å². The summed E-state index contributed by atoms with van der Waals surface area (Å²) in [5.41, 5.74) is 3.26. The third-order valence-corrected chi connectivity index (χ3v) is 3.95. The molecule has 6 nitrogen and oxygen atoms in total. The summed E-state index contributed by atoms with van der Waals surface area (Å²) in [6, 6.07) is 1.80. The van der Waals surface area contributed by atoms with Gasteiger partial charge in [-0.2, -0.15) is 5.10 Å². The first-order valence-electron chi connectivity index (χ1n) is 6.62. The highest BCUT2D eigenvalue weighted by molar-refractivity contribution is 7.09. The lowest BCUT2D eigenvalue weighted by Gasteiger charge is -2.02. The number of rotatable bonds is 4. The topological polar surface area (TPSA) is 86.5 Å². The maximum Gasteiger partial charge on any atom is 0.273 e. The van der Waals surface area contributed by atoms with Crippen LogP contribution >= 0.6 is 11.3 Å². The minimum Gasteiger partial charge on any atom is -0.357 e. The number of amides is 1. The van der Waals surface area contributed by atoms with Gasteiger partial charge in [-0.25, -0.2) is 4.98 Å². The number of hydrogen-bond donors (Lipinski definition) is 3. The molecule has 3 aromatic heterocycles. The SMILES string of the molecule is CCc1cn[nH]c1NC(=O)c1cc(-c2csc(C)n2)c[nH]1. The van der Waals surface area contributed by atoms with Gasteiger partial charge in [0.25, 0.3) is 5.91 Å². The maximum atomic E-state index is 12.2. The monoisotopic (exact) mass is 301 g/mol. The second-order valence-electron chi connectivity index (χ2n) is 4.63. The van der Waals surface area contributed by atoms with Gasteiger partial charge in [-0.3, -0.25) is 9.89 Å². The molecule has 3 heterocycles. The van der Waals surface area contributed by atoms with E-state index in [0.29, 0.717) is 11.5 Å². The van der Waals surface area contributed by atoms with E-state index in [4.69, 9.17) is 0 Å². The highest BCUT2D eigenvalue weighted by Crippen LogP contribution is 2.22. The summed E-state index contributed by atoms with van der Waals surface area (Å²) in [5.74, 6) is 0.440. The van der Waals surface area contributed by atoms with Crippen LogP contribution in [0.3, 0.4) is 0 Å². The van der Waals surface area contributed by atoms with Crippen molar-refractivity contribution in [2.75, 3.05) is 5.32 Å². The quantitative estimate of drug-likeness (QED) is 0.692. The molecule has 0 saturated carbocycles. The summed E-state index contributed by atoms with van der Waals surface area (Å²) in [5, 5.41) is 12.5. The van der Waals surface area contributed by atoms with Crippen molar-refractivity contribution in [2.45, 2.75) is 20.3 Å². The van der Waals surface area contributed by atoms with E-state index in [0.717, 1.165) is 28.2 Å². The Labute approximate surface area is 125 Å². The van der Waals surface area contributed by atoms with Crippen molar-refractivity contribution in [2.24, 2.45) is 0 Å². The first-order chi connectivity index (χ1) is 10.2. The minimum absolute atomic E-state index is 0.202. The van der Waals surface area contributed by atoms with E-state index in [9.17, 15) is 4.79 Å². The Morgan fingerprint density at radius 1 is 1.48 bits per heavy atom. The summed E-state index contributed by atoms with van der Waals surface area (Å²) in [4.78, 5) is 19.6. The van der Waals surface area contributed by atoms with Crippen LogP contribution < -0.4 is 5.32 Å². The third kappa shape index (κ3) is 2.73. The van der Waals surface area contributed by atoms with Gasteiger partial charge in [0, 0.05) is 22.7 Å². The van der Waals surface area contributed by atoms with Gasteiger partial charge in [0.05, 0.1) is 16.9 Å². The number of aryl methyl sites for hydroxylation is 2. The number of carbonyl (C=O) groups excluding carboxylic acids is 1. The Kier molecular flexibility index (Phi) is 3.57. The minimum atomic E-state index is -0.202. The Morgan fingerprint density at radius 2 is 2.33 bits per heavy atom. The summed E-state index contributed by atoms with van der Waals surface area (Å²) in [7, 11) is 0. The first-order valence-corrected chi connectivity index (χ1v) is 7.50. The summed E-state index contributed by atoms with van der Waals surface area (Å²) in [6.45, 7) is 3.97. The molecule has 21 heavy (non-hydrogen) atoms. The number of anilines is 1. The first kappa shape index (κ1) is 13.6. The van der Waals surface area contributed by atoms with Crippen LogP contribution in [-0.4, -0.2) is 26.1 Å². The van der Waals surface area contributed by atoms with Crippen molar-refractivity contribution in [3.05, 3.63) is 40.1 Å². The van der Waals surface area contributed by atoms with Crippen LogP contribution in [-0.2, 0) is 6.42 Å². The van der Waals surface area contributed by atoms with Crippen LogP contribution in [0.2, 0.25) is 0 Å². The molecule has 0 atom stereocenters. The molecular formula is C14H15N5OS. The van der Waals surface area contributed by atoms with Gasteiger partial charge in [0.2, 0.25) is 0 Å². The molecule has 0 fully saturated rings. The lowest BCUT2D eigenvalue weighted by atomic mass is 10.2. The Bertz CT molecular complexity index is 770. The molecule has 1 amide bonds. The second-order valence-corrected chi connectivity index (χ2v) is 5.69. The van der Waals surface area contributed by atoms with Crippen LogP contribution in [0.1, 0.15) is 28.0 Å². The molecule has 3 aromatic rings. The van der Waals surface area contributed by atoms with Crippen LogP contribution in [0.15, 0.2) is 23.8 Å². The normalized spacial score (nSPS) is 10.8. The lowest BCUT2D eigenvalue weighted by molar-refractivity contribution is 0.102. The van der Waals surface area contributed by atoms with Crippen molar-refractivity contribution < 1.29 is 4.79 Å². The highest BCUT2D eigenvalue weighted by Gasteiger charge is 2.13. The van der Waals surface area contributed by atoms with Crippen LogP contribution in [0.5, 0.6) is 0 Å². The molecule has 0 unspecified atom stereocenters.